The second-order valence-corrected chi connectivity index (χ2v) is 5.61. The molecule has 0 rings (SSSR count). The molecule has 6 heteroatoms. The fraction of sp³-hybridized carbons (Fsp3) is 0.900. The zero-order chi connectivity index (χ0) is 12.6. The van der Waals surface area contributed by atoms with E-state index in [2.05, 4.69) is 5.32 Å². The van der Waals surface area contributed by atoms with Crippen molar-refractivity contribution < 1.29 is 13.7 Å². The number of nitrogens with two attached hydrogens (primary N) is 1. The number of nitrogens with one attached hydrogen (secondary N) is 1. The number of hydrogen-bond donors (Lipinski definition) is 2. The zero-order valence-corrected chi connectivity index (χ0v) is 11.0. The summed E-state index contributed by atoms with van der Waals surface area (Å²) >= 11 is 0. The lowest BCUT2D eigenvalue weighted by Crippen LogP contribution is -2.39. The second-order valence-electron chi connectivity index (χ2n) is 3.80. The number of ether oxygens (including phenoxy) is 1. The quantitative estimate of drug-likeness (QED) is 0.576. The van der Waals surface area contributed by atoms with Crippen LogP contribution < -0.4 is 11.1 Å². The van der Waals surface area contributed by atoms with Crippen LogP contribution in [-0.4, -0.2) is 47.4 Å². The number of rotatable bonds is 8. The van der Waals surface area contributed by atoms with Crippen molar-refractivity contribution in [1.82, 2.24) is 5.32 Å². The van der Waals surface area contributed by atoms with Crippen molar-refractivity contribution in [3.63, 3.8) is 0 Å². The van der Waals surface area contributed by atoms with Gasteiger partial charge >= 0.3 is 0 Å². The van der Waals surface area contributed by atoms with Crippen LogP contribution in [0.4, 0.5) is 0 Å². The Labute approximate surface area is 99.6 Å². The van der Waals surface area contributed by atoms with Gasteiger partial charge in [-0.05, 0) is 20.3 Å². The maximum Gasteiger partial charge on any atom is 0.235 e. The summed E-state index contributed by atoms with van der Waals surface area (Å²) in [4.78, 5) is 11.5. The summed E-state index contributed by atoms with van der Waals surface area (Å²) in [6.45, 7) is 4.59. The first-order valence-electron chi connectivity index (χ1n) is 5.38. The molecule has 1 amide bonds. The van der Waals surface area contributed by atoms with Gasteiger partial charge in [0.2, 0.25) is 5.91 Å². The van der Waals surface area contributed by atoms with Crippen LogP contribution in [0, 0.1) is 0 Å². The largest absolute Gasteiger partial charge is 0.385 e. The van der Waals surface area contributed by atoms with Gasteiger partial charge < -0.3 is 15.8 Å². The Balaban J connectivity index is 3.84. The summed E-state index contributed by atoms with van der Waals surface area (Å²) in [5.41, 5.74) is 5.53. The van der Waals surface area contributed by atoms with Crippen LogP contribution in [0.25, 0.3) is 0 Å². The van der Waals surface area contributed by atoms with Gasteiger partial charge in [0.05, 0.1) is 0 Å². The van der Waals surface area contributed by atoms with Crippen LogP contribution in [0.15, 0.2) is 0 Å². The molecule has 0 saturated heterocycles. The fourth-order valence-electron chi connectivity index (χ4n) is 1.09. The van der Waals surface area contributed by atoms with Gasteiger partial charge in [0.1, 0.15) is 5.25 Å². The van der Waals surface area contributed by atoms with Crippen LogP contribution in [-0.2, 0) is 20.3 Å². The minimum atomic E-state index is -1.20. The molecule has 0 aromatic heterocycles. The molecule has 5 nitrogen and oxygen atoms in total. The van der Waals surface area contributed by atoms with Crippen molar-refractivity contribution in [3.8, 4) is 0 Å². The average molecular weight is 250 g/mol. The number of carbonyl (C=O) groups is 1. The molecular formula is C10H22N2O3S. The molecule has 0 aromatic carbocycles. The molecule has 0 bridgehead atoms. The van der Waals surface area contributed by atoms with Gasteiger partial charge in [-0.25, -0.2) is 0 Å². The third kappa shape index (κ3) is 6.92. The molecule has 0 spiro atoms. The van der Waals surface area contributed by atoms with Crippen molar-refractivity contribution >= 4 is 16.7 Å². The molecule has 0 radical (unpaired) electrons. The third-order valence-corrected chi connectivity index (χ3v) is 3.87. The highest BCUT2D eigenvalue weighted by molar-refractivity contribution is 7.86. The van der Waals surface area contributed by atoms with Gasteiger partial charge in [0.25, 0.3) is 0 Å². The van der Waals surface area contributed by atoms with Crippen LogP contribution >= 0.6 is 0 Å². The van der Waals surface area contributed by atoms with E-state index in [-0.39, 0.29) is 11.9 Å². The predicted octanol–water partition coefficient (Wildman–Crippen LogP) is -0.376. The Morgan fingerprint density at radius 1 is 1.50 bits per heavy atom. The topological polar surface area (TPSA) is 81.4 Å². The van der Waals surface area contributed by atoms with Gasteiger partial charge in [-0.1, -0.05) is 0 Å². The lowest BCUT2D eigenvalue weighted by molar-refractivity contribution is -0.120. The van der Waals surface area contributed by atoms with Crippen LogP contribution in [0.3, 0.4) is 0 Å². The highest BCUT2D eigenvalue weighted by Gasteiger charge is 2.20. The first-order valence-corrected chi connectivity index (χ1v) is 6.76. The van der Waals surface area contributed by atoms with Crippen molar-refractivity contribution in [2.45, 2.75) is 31.6 Å². The lowest BCUT2D eigenvalue weighted by Gasteiger charge is -2.13. The maximum atomic E-state index is 11.6. The lowest BCUT2D eigenvalue weighted by atomic mass is 10.4. The maximum absolute atomic E-state index is 11.6. The molecule has 0 aliphatic carbocycles. The first-order chi connectivity index (χ1) is 7.49. The van der Waals surface area contributed by atoms with Crippen molar-refractivity contribution in [2.24, 2.45) is 5.73 Å². The van der Waals surface area contributed by atoms with E-state index in [4.69, 9.17) is 10.5 Å². The van der Waals surface area contributed by atoms with E-state index in [0.29, 0.717) is 18.9 Å². The molecule has 0 aliphatic heterocycles. The fourth-order valence-corrected chi connectivity index (χ4v) is 2.22. The Kier molecular flexibility index (Phi) is 8.42. The van der Waals surface area contributed by atoms with Crippen LogP contribution in [0.2, 0.25) is 0 Å². The van der Waals surface area contributed by atoms with E-state index < -0.39 is 16.0 Å². The highest BCUT2D eigenvalue weighted by atomic mass is 32.2. The van der Waals surface area contributed by atoms with Gasteiger partial charge in [-0.2, -0.15) is 0 Å². The summed E-state index contributed by atoms with van der Waals surface area (Å²) in [5, 5.41) is 2.21. The molecule has 96 valence electrons. The summed E-state index contributed by atoms with van der Waals surface area (Å²) in [7, 11) is 0.413. The minimum Gasteiger partial charge on any atom is -0.385 e. The smallest absolute Gasteiger partial charge is 0.235 e. The molecule has 0 aromatic rings. The molecule has 0 heterocycles. The average Bonchev–Trinajstić information content (AvgIpc) is 2.22. The van der Waals surface area contributed by atoms with Gasteiger partial charge in [0.15, 0.2) is 0 Å². The third-order valence-electron chi connectivity index (χ3n) is 2.02. The Bertz CT molecular complexity index is 234. The summed E-state index contributed by atoms with van der Waals surface area (Å²) < 4.78 is 16.5. The van der Waals surface area contributed by atoms with Gasteiger partial charge in [-0.15, -0.1) is 0 Å². The Morgan fingerprint density at radius 2 is 2.12 bits per heavy atom. The molecule has 3 atom stereocenters. The Hall–Kier alpha value is -0.460. The summed E-state index contributed by atoms with van der Waals surface area (Å²) in [6, 6.07) is -0.149. The van der Waals surface area contributed by atoms with Crippen molar-refractivity contribution in [2.75, 3.05) is 26.0 Å². The Morgan fingerprint density at radius 3 is 2.62 bits per heavy atom. The highest BCUT2D eigenvalue weighted by Crippen LogP contribution is 1.98. The number of hydrogen-bond acceptors (Lipinski definition) is 4. The normalized spacial score (nSPS) is 16.5. The molecular weight excluding hydrogens is 228 g/mol. The SMILES string of the molecule is COCCCNC(=O)C(C)S(=O)CC(C)N. The van der Waals surface area contributed by atoms with Crippen LogP contribution in [0.5, 0.6) is 0 Å². The van der Waals surface area contributed by atoms with Crippen molar-refractivity contribution in [1.29, 1.82) is 0 Å². The standard InChI is InChI=1S/C10H22N2O3S/c1-8(11)7-16(14)9(2)10(13)12-5-4-6-15-3/h8-9H,4-7,11H2,1-3H3,(H,12,13). The van der Waals surface area contributed by atoms with E-state index in [0.717, 1.165) is 6.42 Å². The molecule has 0 fully saturated rings. The van der Waals surface area contributed by atoms with Gasteiger partial charge in [0, 0.05) is 42.9 Å². The summed E-state index contributed by atoms with van der Waals surface area (Å²) in [6.07, 6.45) is 0.759. The molecule has 0 saturated carbocycles. The van der Waals surface area contributed by atoms with Gasteiger partial charge in [-0.3, -0.25) is 9.00 Å². The monoisotopic (exact) mass is 250 g/mol. The van der Waals surface area contributed by atoms with Crippen LogP contribution in [0.1, 0.15) is 20.3 Å². The van der Waals surface area contributed by atoms with E-state index in [1.54, 1.807) is 21.0 Å². The predicted molar refractivity (Wildman–Crippen MR) is 65.6 cm³/mol. The molecule has 3 unspecified atom stereocenters. The van der Waals surface area contributed by atoms with Crippen molar-refractivity contribution in [3.05, 3.63) is 0 Å². The molecule has 0 aliphatic rings. The zero-order valence-electron chi connectivity index (χ0n) is 10.2. The van der Waals surface area contributed by atoms with E-state index >= 15 is 0 Å². The molecule has 3 N–H and O–H groups in total. The second kappa shape index (κ2) is 8.66. The number of amides is 1. The first kappa shape index (κ1) is 15.5. The van der Waals surface area contributed by atoms with E-state index in [9.17, 15) is 9.00 Å². The molecule has 16 heavy (non-hydrogen) atoms. The number of carbonyl (C=O) groups excluding carboxylic acids is 1. The minimum absolute atomic E-state index is 0.149. The summed E-state index contributed by atoms with van der Waals surface area (Å²) in [5.74, 6) is 0.169. The van der Waals surface area contributed by atoms with E-state index in [1.165, 1.54) is 0 Å². The number of methoxy groups -OCH3 is 1. The van der Waals surface area contributed by atoms with E-state index in [1.807, 2.05) is 0 Å².